The predicted octanol–water partition coefficient (Wildman–Crippen LogP) is 8.86. The van der Waals surface area contributed by atoms with Gasteiger partial charge in [-0.25, -0.2) is 4.79 Å². The lowest BCUT2D eigenvalue weighted by Gasteiger charge is -2.45. The van der Waals surface area contributed by atoms with Crippen molar-refractivity contribution in [3.63, 3.8) is 0 Å². The first-order chi connectivity index (χ1) is 29.1. The zero-order chi connectivity index (χ0) is 43.5. The molecule has 2 amide bonds. The summed E-state index contributed by atoms with van der Waals surface area (Å²) in [5, 5.41) is 16.5. The minimum Gasteiger partial charge on any atom is -0.492 e. The van der Waals surface area contributed by atoms with Gasteiger partial charge < -0.3 is 51.3 Å². The van der Waals surface area contributed by atoms with Crippen LogP contribution in [0.25, 0.3) is 28.1 Å². The van der Waals surface area contributed by atoms with Gasteiger partial charge in [0.15, 0.2) is 0 Å². The smallest absolute Gasteiger partial charge is 0.492 e. The molecule has 5 heterocycles. The number of aromatic amines is 2. The number of nitrogens with one attached hydrogen (secondary N) is 4. The van der Waals surface area contributed by atoms with Gasteiger partial charge in [0.05, 0.1) is 34.8 Å². The van der Waals surface area contributed by atoms with Crippen molar-refractivity contribution < 1.29 is 37.6 Å². The first-order valence-electron chi connectivity index (χ1n) is 20.1. The van der Waals surface area contributed by atoms with Gasteiger partial charge in [-0.1, -0.05) is 30.7 Å². The molecule has 1 unspecified atom stereocenters. The van der Waals surface area contributed by atoms with Crippen molar-refractivity contribution in [2.24, 2.45) is 0 Å². The number of carboxylic acids is 1. The molecule has 0 spiro atoms. The van der Waals surface area contributed by atoms with Crippen molar-refractivity contribution >= 4 is 77.8 Å². The number of aromatic nitrogens is 3. The second-order valence-electron chi connectivity index (χ2n) is 16.1. The fraction of sp³-hybridized carbons (Fsp3) is 0.318. The zero-order valence-electron chi connectivity index (χ0n) is 34.3. The number of rotatable bonds is 18. The number of H-pyrrole nitrogens is 2. The van der Waals surface area contributed by atoms with Crippen LogP contribution in [0.2, 0.25) is 5.02 Å². The molecular formula is C44H48BClF2IN6O6-. The molecule has 3 aromatic heterocycles. The van der Waals surface area contributed by atoms with Crippen LogP contribution < -0.4 is 15.4 Å². The largest absolute Gasteiger partial charge is 0.537 e. The Balaban J connectivity index is 0.835. The van der Waals surface area contributed by atoms with Gasteiger partial charge >= 0.3 is 12.9 Å². The van der Waals surface area contributed by atoms with E-state index in [9.17, 15) is 19.5 Å². The molecular weight excluding hydrogens is 920 g/mol. The third-order valence-corrected chi connectivity index (χ3v) is 14.5. The van der Waals surface area contributed by atoms with E-state index in [0.717, 1.165) is 19.2 Å². The van der Waals surface area contributed by atoms with E-state index in [1.165, 1.54) is 9.22 Å². The topological polar surface area (TPSA) is 154 Å². The molecule has 12 nitrogen and oxygen atoms in total. The third-order valence-electron chi connectivity index (χ3n) is 11.0. The number of carboxylic acid groups (broad SMARTS) is 1. The van der Waals surface area contributed by atoms with Crippen LogP contribution >= 0.6 is 32.6 Å². The fourth-order valence-electron chi connectivity index (χ4n) is 7.44. The Morgan fingerprint density at radius 3 is 2.51 bits per heavy atom. The average Bonchev–Trinajstić information content (AvgIpc) is 3.99. The number of aryl methyl sites for hydroxylation is 1. The van der Waals surface area contributed by atoms with E-state index >= 15 is 8.63 Å². The van der Waals surface area contributed by atoms with Gasteiger partial charge in [-0.15, -0.1) is 0 Å². The maximum absolute atomic E-state index is 16.2. The molecule has 0 saturated carbocycles. The second-order valence-corrected chi connectivity index (χ2v) is 19.1. The monoisotopic (exact) mass is 967 g/mol. The van der Waals surface area contributed by atoms with Crippen LogP contribution in [0.4, 0.5) is 8.63 Å². The van der Waals surface area contributed by atoms with Gasteiger partial charge in [0.1, 0.15) is 12.4 Å². The normalized spacial score (nSPS) is 15.5. The summed E-state index contributed by atoms with van der Waals surface area (Å²) < 4.78 is 47.6. The van der Waals surface area contributed by atoms with Crippen molar-refractivity contribution in [2.75, 3.05) is 19.8 Å². The Labute approximate surface area is 367 Å². The van der Waals surface area contributed by atoms with Crippen LogP contribution in [-0.4, -0.2) is 81.7 Å². The summed E-state index contributed by atoms with van der Waals surface area (Å²) in [6.07, 6.45) is 10.1. The molecule has 0 fully saturated rings. The van der Waals surface area contributed by atoms with Crippen LogP contribution in [0.5, 0.6) is 5.75 Å². The summed E-state index contributed by atoms with van der Waals surface area (Å²) in [4.78, 5) is 43.7. The minimum atomic E-state index is -4.09. The molecule has 5 aromatic rings. The highest BCUT2D eigenvalue weighted by atomic mass is 127. The van der Waals surface area contributed by atoms with Gasteiger partial charge in [0, 0.05) is 62.3 Å². The van der Waals surface area contributed by atoms with E-state index in [4.69, 9.17) is 21.1 Å². The van der Waals surface area contributed by atoms with Gasteiger partial charge in [-0.3, -0.25) is 9.59 Å². The van der Waals surface area contributed by atoms with Crippen LogP contribution in [0.15, 0.2) is 90.9 Å². The number of halogens is 4. The summed E-state index contributed by atoms with van der Waals surface area (Å²) >= 11 is 5.34. The molecule has 0 bridgehead atoms. The van der Waals surface area contributed by atoms with Crippen LogP contribution in [0.1, 0.15) is 80.8 Å². The standard InChI is InChI=1S/C44H48BClF2IN6O6/c1-5-44(4,26-41(57)51-20-22-60-32-14-8-28(9-15-32)33-24-34-35(42(58)59)27-52-39(34)25-36(33)46)61-21-18-43(2,3)53-40(56)17-13-29-10-11-30-23-31-12-16-37(38-7-6-19-50-38)49-55(31)45(47,48)54(29)30/h6-12,14-16,19,23-25,27,50,52H,5,13,17-18,20-22,26H2,1-4H3,(H,51,57)(H,53,56)(H,58,59)/q-1. The molecule has 17 heteroatoms. The summed E-state index contributed by atoms with van der Waals surface area (Å²) in [6, 6.07) is 17.8. The van der Waals surface area contributed by atoms with Crippen molar-refractivity contribution in [2.45, 2.75) is 70.9 Å². The lowest BCUT2D eigenvalue weighted by atomic mass is 9.92. The summed E-state index contributed by atoms with van der Waals surface area (Å²) in [5.41, 5.74) is 3.11. The molecule has 0 radical (unpaired) electrons. The summed E-state index contributed by atoms with van der Waals surface area (Å²) in [5.74, 6) is -0.861. The number of carbonyl (C=O) groups excluding carboxylic acids is 2. The van der Waals surface area contributed by atoms with Gasteiger partial charge in [-0.05, 0) is 139 Å². The van der Waals surface area contributed by atoms with Gasteiger partial charge in [-0.2, -0.15) is 0 Å². The lowest BCUT2D eigenvalue weighted by Crippen LogP contribution is -2.51. The molecule has 5 N–H and O–H groups in total. The summed E-state index contributed by atoms with van der Waals surface area (Å²) in [6.45, 7) is 4.33. The van der Waals surface area contributed by atoms with Crippen molar-refractivity contribution in [1.82, 2.24) is 28.1 Å². The number of aromatic carboxylic acids is 1. The van der Waals surface area contributed by atoms with E-state index in [-0.39, 0.29) is 49.8 Å². The quantitative estimate of drug-likeness (QED) is 0.0255. The average molecular weight is 968 g/mol. The summed E-state index contributed by atoms with van der Waals surface area (Å²) in [7, 11) is 0. The van der Waals surface area contributed by atoms with Gasteiger partial charge in [0.2, 0.25) is 11.8 Å². The number of nitrogens with zero attached hydrogens (tertiary/aromatic N) is 2. The Morgan fingerprint density at radius 2 is 1.79 bits per heavy atom. The molecule has 322 valence electrons. The number of fused-ring (bicyclic) bond motifs is 3. The van der Waals surface area contributed by atoms with Crippen molar-refractivity contribution in [3.8, 4) is 16.9 Å². The molecule has 7 rings (SSSR count). The molecule has 2 aromatic carbocycles. The number of benzene rings is 2. The second kappa shape index (κ2) is 18.0. The zero-order valence-corrected chi connectivity index (χ0v) is 37.2. The Bertz CT molecular complexity index is 2530. The van der Waals surface area contributed by atoms with E-state index < -0.39 is 45.1 Å². The molecule has 0 aliphatic carbocycles. The van der Waals surface area contributed by atoms with E-state index in [1.807, 2.05) is 58.0 Å². The van der Waals surface area contributed by atoms with E-state index in [2.05, 4.69) is 20.6 Å². The molecule has 1 atom stereocenters. The third kappa shape index (κ3) is 9.97. The predicted molar refractivity (Wildman–Crippen MR) is 244 cm³/mol. The number of hydrogen-bond acceptors (Lipinski definition) is 6. The molecule has 2 aliphatic rings. The number of ether oxygens (including phenoxy) is 2. The lowest BCUT2D eigenvalue weighted by molar-refractivity contribution is -0.129. The molecule has 0 saturated heterocycles. The van der Waals surface area contributed by atoms with Gasteiger partial charge in [0.25, 0.3) is 0 Å². The van der Waals surface area contributed by atoms with Crippen LogP contribution in [0, 0.1) is 0 Å². The highest BCUT2D eigenvalue weighted by molar-refractivity contribution is 14.2. The Hall–Kier alpha value is -5.20. The molecule has 61 heavy (non-hydrogen) atoms. The van der Waals surface area contributed by atoms with Crippen LogP contribution in [-0.2, 0) is 20.7 Å². The maximum atomic E-state index is 16.2. The number of carbonyl (C=O) groups is 3. The van der Waals surface area contributed by atoms with E-state index in [0.29, 0.717) is 63.8 Å². The molecule has 2 aliphatic heterocycles. The highest BCUT2D eigenvalue weighted by Crippen LogP contribution is 2.41. The maximum Gasteiger partial charge on any atom is 0.537 e. The number of hydrogen-bond donors (Lipinski definition) is 5. The number of allylic oxidation sites excluding steroid dienone is 2. The SMILES string of the molecule is CCC(C)(CC(=O)NCCOc1ccc(-c2cc3c(C(=O)O)c[nH]c3cc2Cl)cc1)OCCC(C)(C)NC(=O)CCc1ccc2n1[B-](F)(F)N1I=C(c3ccc[nH]3)C=CC1=C2. The van der Waals surface area contributed by atoms with Crippen molar-refractivity contribution in [1.29, 1.82) is 0 Å². The Morgan fingerprint density at radius 1 is 1.00 bits per heavy atom. The highest BCUT2D eigenvalue weighted by Gasteiger charge is 2.42. The minimum absolute atomic E-state index is 0.0458. The fourth-order valence-corrected chi connectivity index (χ4v) is 10.4. The first-order valence-corrected chi connectivity index (χ1v) is 22.5. The van der Waals surface area contributed by atoms with E-state index in [1.54, 1.807) is 54.7 Å². The van der Waals surface area contributed by atoms with Crippen LogP contribution in [0.3, 0.4) is 0 Å². The Kier molecular flexibility index (Phi) is 13.0. The first kappa shape index (κ1) is 43.9. The number of amides is 2. The van der Waals surface area contributed by atoms with Crippen molar-refractivity contribution in [3.05, 3.63) is 119 Å².